The van der Waals surface area contributed by atoms with Gasteiger partial charge in [-0.05, 0) is 77.0 Å². The monoisotopic (exact) mass is 876 g/mol. The molecule has 1 saturated heterocycles. The quantitative estimate of drug-likeness (QED) is 0.0234. The highest BCUT2D eigenvalue weighted by Crippen LogP contribution is 2.22. The van der Waals surface area contributed by atoms with Gasteiger partial charge in [0.05, 0.1) is 25.4 Å². The Labute approximate surface area is 378 Å². The van der Waals surface area contributed by atoms with Gasteiger partial charge in [-0.3, -0.25) is 4.79 Å². The molecule has 1 rings (SSSR count). The molecule has 62 heavy (non-hydrogen) atoms. The summed E-state index contributed by atoms with van der Waals surface area (Å²) in [4.78, 5) is 13.1. The molecule has 1 heterocycles. The molecule has 7 N–H and O–H groups in total. The lowest BCUT2D eigenvalue weighted by molar-refractivity contribution is -0.302. The molecule has 0 bridgehead atoms. The van der Waals surface area contributed by atoms with E-state index in [-0.39, 0.29) is 13.0 Å². The fraction of sp³-hybridized carbons (Fsp3) is 0.788. The first-order valence-corrected chi connectivity index (χ1v) is 25.1. The molecule has 0 aromatic heterocycles. The van der Waals surface area contributed by atoms with Crippen LogP contribution >= 0.6 is 0 Å². The van der Waals surface area contributed by atoms with Gasteiger partial charge in [-0.2, -0.15) is 0 Å². The normalized spacial score (nSPS) is 21.3. The van der Waals surface area contributed by atoms with Gasteiger partial charge in [-0.25, -0.2) is 0 Å². The highest BCUT2D eigenvalue weighted by molar-refractivity contribution is 5.80. The zero-order chi connectivity index (χ0) is 45.3. The first-order chi connectivity index (χ1) is 30.3. The van der Waals surface area contributed by atoms with E-state index in [0.29, 0.717) is 12.8 Å². The van der Waals surface area contributed by atoms with E-state index < -0.39 is 61.5 Å². The Morgan fingerprint density at radius 3 is 1.50 bits per heavy atom. The predicted molar refractivity (Wildman–Crippen MR) is 255 cm³/mol. The summed E-state index contributed by atoms with van der Waals surface area (Å²) < 4.78 is 11.1. The van der Waals surface area contributed by atoms with Crippen LogP contribution in [0, 0.1) is 0 Å². The maximum atomic E-state index is 13.1. The minimum atomic E-state index is -1.62. The fourth-order valence-electron chi connectivity index (χ4n) is 7.52. The predicted octanol–water partition coefficient (Wildman–Crippen LogP) is 10.1. The van der Waals surface area contributed by atoms with Crippen LogP contribution in [0.25, 0.3) is 0 Å². The van der Waals surface area contributed by atoms with Gasteiger partial charge in [0.1, 0.15) is 30.5 Å². The highest BCUT2D eigenvalue weighted by Gasteiger charge is 2.44. The van der Waals surface area contributed by atoms with Crippen molar-refractivity contribution < 1.29 is 44.9 Å². The second-order valence-electron chi connectivity index (χ2n) is 17.4. The number of ether oxygens (including phenoxy) is 2. The molecule has 8 atom stereocenters. The fourth-order valence-corrected chi connectivity index (χ4v) is 7.52. The van der Waals surface area contributed by atoms with Gasteiger partial charge in [0.25, 0.3) is 0 Å². The Balaban J connectivity index is 2.39. The van der Waals surface area contributed by atoms with E-state index in [1.165, 1.54) is 96.3 Å². The van der Waals surface area contributed by atoms with Crippen LogP contribution in [-0.4, -0.2) is 98.7 Å². The zero-order valence-electron chi connectivity index (χ0n) is 39.2. The first-order valence-electron chi connectivity index (χ1n) is 25.1. The molecule has 1 fully saturated rings. The molecule has 0 aliphatic carbocycles. The average molecular weight is 876 g/mol. The molecule has 0 aromatic rings. The van der Waals surface area contributed by atoms with Gasteiger partial charge >= 0.3 is 0 Å². The molecule has 1 aliphatic rings. The number of amides is 1. The van der Waals surface area contributed by atoms with Crippen molar-refractivity contribution in [1.29, 1.82) is 0 Å². The van der Waals surface area contributed by atoms with Crippen molar-refractivity contribution in [3.8, 4) is 0 Å². The third-order valence-corrected chi connectivity index (χ3v) is 11.7. The molecule has 0 saturated carbocycles. The van der Waals surface area contributed by atoms with Crippen LogP contribution in [0.2, 0.25) is 0 Å². The Morgan fingerprint density at radius 2 is 1.00 bits per heavy atom. The van der Waals surface area contributed by atoms with E-state index in [4.69, 9.17) is 9.47 Å². The second kappa shape index (κ2) is 41.5. The van der Waals surface area contributed by atoms with Gasteiger partial charge in [-0.1, -0.05) is 184 Å². The lowest BCUT2D eigenvalue weighted by Crippen LogP contribution is -2.60. The van der Waals surface area contributed by atoms with Crippen LogP contribution in [0.4, 0.5) is 0 Å². The van der Waals surface area contributed by atoms with E-state index in [2.05, 4.69) is 67.8 Å². The van der Waals surface area contributed by atoms with Crippen molar-refractivity contribution in [3.05, 3.63) is 60.8 Å². The van der Waals surface area contributed by atoms with Gasteiger partial charge in [0.2, 0.25) is 5.91 Å². The molecule has 0 aromatic carbocycles. The van der Waals surface area contributed by atoms with Crippen LogP contribution < -0.4 is 5.32 Å². The molecule has 0 radical (unpaired) electrons. The van der Waals surface area contributed by atoms with Crippen molar-refractivity contribution in [2.75, 3.05) is 13.2 Å². The minimum Gasteiger partial charge on any atom is -0.394 e. The number of aliphatic hydroxyl groups is 6. The number of aliphatic hydroxyl groups excluding tert-OH is 6. The Bertz CT molecular complexity index is 1170. The van der Waals surface area contributed by atoms with Crippen molar-refractivity contribution >= 4 is 5.91 Å². The summed E-state index contributed by atoms with van der Waals surface area (Å²) in [6.45, 7) is 3.56. The Morgan fingerprint density at radius 1 is 0.565 bits per heavy atom. The lowest BCUT2D eigenvalue weighted by atomic mass is 9.99. The summed E-state index contributed by atoms with van der Waals surface area (Å²) in [5.41, 5.74) is 0. The number of hydrogen-bond acceptors (Lipinski definition) is 9. The SMILES string of the molecule is CCCCCCC/C=C/CC/C=C/CC/C=C/C(O)C(COC1OC(CO)C(O)C(O)C1O)NC(=O)C(O)CCCCCCCC/C=C\C/C=C\CCCCCCCCCCC. The van der Waals surface area contributed by atoms with E-state index in [9.17, 15) is 35.4 Å². The number of rotatable bonds is 41. The number of carbonyl (C=O) groups excluding carboxylic acids is 1. The molecule has 1 amide bonds. The van der Waals surface area contributed by atoms with Gasteiger partial charge in [0.15, 0.2) is 6.29 Å². The minimum absolute atomic E-state index is 0.286. The average Bonchev–Trinajstić information content (AvgIpc) is 3.27. The summed E-state index contributed by atoms with van der Waals surface area (Å²) in [7, 11) is 0. The molecular weight excluding hydrogens is 783 g/mol. The molecule has 0 spiro atoms. The van der Waals surface area contributed by atoms with Crippen molar-refractivity contribution in [2.24, 2.45) is 0 Å². The van der Waals surface area contributed by atoms with Gasteiger partial charge in [-0.15, -0.1) is 0 Å². The largest absolute Gasteiger partial charge is 0.394 e. The highest BCUT2D eigenvalue weighted by atomic mass is 16.7. The lowest BCUT2D eigenvalue weighted by Gasteiger charge is -2.40. The number of hydrogen-bond donors (Lipinski definition) is 7. The summed E-state index contributed by atoms with van der Waals surface area (Å²) in [5.74, 6) is -0.640. The second-order valence-corrected chi connectivity index (χ2v) is 17.4. The first kappa shape index (κ1) is 57.9. The molecule has 10 nitrogen and oxygen atoms in total. The van der Waals surface area contributed by atoms with E-state index in [0.717, 1.165) is 70.6 Å². The van der Waals surface area contributed by atoms with E-state index >= 15 is 0 Å². The summed E-state index contributed by atoms with van der Waals surface area (Å²) in [6, 6.07) is -1.01. The van der Waals surface area contributed by atoms with E-state index in [1.807, 2.05) is 6.08 Å². The van der Waals surface area contributed by atoms with Crippen molar-refractivity contribution in [3.63, 3.8) is 0 Å². The number of nitrogens with one attached hydrogen (secondary N) is 1. The third-order valence-electron chi connectivity index (χ3n) is 11.7. The van der Waals surface area contributed by atoms with Gasteiger partial charge in [0, 0.05) is 0 Å². The maximum absolute atomic E-state index is 13.1. The van der Waals surface area contributed by atoms with Crippen LogP contribution in [0.15, 0.2) is 60.8 Å². The maximum Gasteiger partial charge on any atom is 0.249 e. The summed E-state index contributed by atoms with van der Waals surface area (Å²) in [6.07, 6.45) is 44.5. The topological polar surface area (TPSA) is 169 Å². The summed E-state index contributed by atoms with van der Waals surface area (Å²) in [5, 5.41) is 64.7. The van der Waals surface area contributed by atoms with Crippen LogP contribution in [-0.2, 0) is 14.3 Å². The molecule has 8 unspecified atom stereocenters. The standard InChI is InChI=1S/C52H93NO9/c1-3-5-7-9-11-13-15-17-19-20-21-22-23-24-25-27-29-31-33-35-37-39-41-46(56)51(60)53-44(43-61-52-50(59)49(58)48(57)47(42-54)62-52)45(55)40-38-36-34-32-30-28-26-18-16-14-12-10-8-6-4-2/h16,18,21-22,24-25,30,32,38,40,44-50,52,54-59H,3-15,17,19-20,23,26-29,31,33-37,39,41-43H2,1-2H3,(H,53,60)/b18-16+,22-21-,25-24-,32-30+,40-38+. The van der Waals surface area contributed by atoms with Crippen molar-refractivity contribution in [1.82, 2.24) is 5.32 Å². The Hall–Kier alpha value is -2.15. The number of carbonyl (C=O) groups is 1. The molecule has 360 valence electrons. The Kier molecular flexibility index (Phi) is 38.8. The van der Waals surface area contributed by atoms with Gasteiger partial charge < -0.3 is 45.4 Å². The van der Waals surface area contributed by atoms with Crippen LogP contribution in [0.5, 0.6) is 0 Å². The van der Waals surface area contributed by atoms with E-state index in [1.54, 1.807) is 6.08 Å². The third kappa shape index (κ3) is 30.8. The van der Waals surface area contributed by atoms with Crippen molar-refractivity contribution in [2.45, 2.75) is 249 Å². The zero-order valence-corrected chi connectivity index (χ0v) is 39.2. The number of unbranched alkanes of at least 4 members (excludes halogenated alkanes) is 22. The molecular formula is C52H93NO9. The summed E-state index contributed by atoms with van der Waals surface area (Å²) >= 11 is 0. The van der Waals surface area contributed by atoms with Crippen LogP contribution in [0.1, 0.15) is 200 Å². The van der Waals surface area contributed by atoms with Crippen LogP contribution in [0.3, 0.4) is 0 Å². The number of allylic oxidation sites excluding steroid dienone is 9. The molecule has 1 aliphatic heterocycles. The smallest absolute Gasteiger partial charge is 0.249 e. The molecule has 10 heteroatoms.